The Morgan fingerprint density at radius 3 is 2.75 bits per heavy atom. The minimum atomic E-state index is 0.234. The van der Waals surface area contributed by atoms with Gasteiger partial charge < -0.3 is 0 Å². The van der Waals surface area contributed by atoms with Crippen molar-refractivity contribution in [2.24, 2.45) is 11.8 Å². The van der Waals surface area contributed by atoms with Crippen molar-refractivity contribution in [3.63, 3.8) is 0 Å². The molecule has 0 spiro atoms. The molecular formula is C13H20N2O. The third kappa shape index (κ3) is 2.18. The van der Waals surface area contributed by atoms with Crippen molar-refractivity contribution in [2.45, 2.75) is 46.1 Å². The number of carbonyl (C=O) groups excluding carboxylic acids is 1. The number of ketones is 1. The van der Waals surface area contributed by atoms with Crippen molar-refractivity contribution < 1.29 is 4.79 Å². The number of hydrogen-bond donors (Lipinski definition) is 0. The molecule has 0 bridgehead atoms. The number of Topliss-reactive ketones (excluding diaryl/α,β-unsaturated/α-hetero) is 1. The summed E-state index contributed by atoms with van der Waals surface area (Å²) < 4.78 is 1.81. The zero-order valence-corrected chi connectivity index (χ0v) is 10.1. The van der Waals surface area contributed by atoms with Crippen LogP contribution in [0.5, 0.6) is 0 Å². The predicted octanol–water partition coefficient (Wildman–Crippen LogP) is 2.91. The van der Waals surface area contributed by atoms with Gasteiger partial charge in [-0.1, -0.05) is 19.8 Å². The number of aryl methyl sites for hydroxylation is 1. The molecule has 1 saturated carbocycles. The van der Waals surface area contributed by atoms with Crippen LogP contribution in [0.15, 0.2) is 12.3 Å². The van der Waals surface area contributed by atoms with E-state index in [1.807, 2.05) is 13.0 Å². The van der Waals surface area contributed by atoms with Crippen LogP contribution in [-0.4, -0.2) is 15.6 Å². The van der Waals surface area contributed by atoms with E-state index in [-0.39, 0.29) is 5.92 Å². The monoisotopic (exact) mass is 220 g/mol. The summed E-state index contributed by atoms with van der Waals surface area (Å²) in [6, 6.07) is 1.85. The SMILES string of the molecule is CCn1nccc1C(=O)C1CCC(C)CC1. The Balaban J connectivity index is 2.07. The summed E-state index contributed by atoms with van der Waals surface area (Å²) in [5.74, 6) is 1.32. The van der Waals surface area contributed by atoms with Gasteiger partial charge in [-0.25, -0.2) is 0 Å². The average molecular weight is 220 g/mol. The molecule has 1 heterocycles. The second-order valence-corrected chi connectivity index (χ2v) is 4.85. The highest BCUT2D eigenvalue weighted by atomic mass is 16.1. The van der Waals surface area contributed by atoms with Crippen LogP contribution in [0.3, 0.4) is 0 Å². The smallest absolute Gasteiger partial charge is 0.183 e. The van der Waals surface area contributed by atoms with Gasteiger partial charge in [0.25, 0.3) is 0 Å². The van der Waals surface area contributed by atoms with Gasteiger partial charge in [0.15, 0.2) is 5.78 Å². The molecule has 1 aromatic heterocycles. The normalized spacial score (nSPS) is 25.6. The van der Waals surface area contributed by atoms with Gasteiger partial charge >= 0.3 is 0 Å². The molecule has 0 aliphatic heterocycles. The Kier molecular flexibility index (Phi) is 3.42. The molecule has 1 aromatic rings. The molecule has 0 saturated heterocycles. The van der Waals surface area contributed by atoms with Crippen molar-refractivity contribution in [1.82, 2.24) is 9.78 Å². The van der Waals surface area contributed by atoms with Crippen LogP contribution >= 0.6 is 0 Å². The fourth-order valence-electron chi connectivity index (χ4n) is 2.53. The number of rotatable bonds is 3. The highest BCUT2D eigenvalue weighted by molar-refractivity contribution is 5.96. The molecule has 0 radical (unpaired) electrons. The summed E-state index contributed by atoms with van der Waals surface area (Å²) in [5, 5.41) is 4.16. The molecule has 1 fully saturated rings. The molecule has 1 aliphatic carbocycles. The average Bonchev–Trinajstić information content (AvgIpc) is 2.77. The Morgan fingerprint density at radius 2 is 2.12 bits per heavy atom. The molecule has 0 amide bonds. The van der Waals surface area contributed by atoms with Crippen LogP contribution in [0.25, 0.3) is 0 Å². The molecular weight excluding hydrogens is 200 g/mol. The van der Waals surface area contributed by atoms with Crippen LogP contribution < -0.4 is 0 Å². The van der Waals surface area contributed by atoms with Gasteiger partial charge in [-0.05, 0) is 31.7 Å². The lowest BCUT2D eigenvalue weighted by Crippen LogP contribution is -2.23. The van der Waals surface area contributed by atoms with E-state index < -0.39 is 0 Å². The number of nitrogens with zero attached hydrogens (tertiary/aromatic N) is 2. The minimum absolute atomic E-state index is 0.234. The van der Waals surface area contributed by atoms with Crippen molar-refractivity contribution in [2.75, 3.05) is 0 Å². The van der Waals surface area contributed by atoms with Gasteiger partial charge in [0, 0.05) is 18.7 Å². The molecule has 0 unspecified atom stereocenters. The Hall–Kier alpha value is -1.12. The van der Waals surface area contributed by atoms with Crippen LogP contribution in [0.2, 0.25) is 0 Å². The molecule has 3 heteroatoms. The van der Waals surface area contributed by atoms with Crippen LogP contribution in [0.1, 0.15) is 50.0 Å². The van der Waals surface area contributed by atoms with E-state index in [4.69, 9.17) is 0 Å². The number of aromatic nitrogens is 2. The summed E-state index contributed by atoms with van der Waals surface area (Å²) in [4.78, 5) is 12.3. The molecule has 2 rings (SSSR count). The lowest BCUT2D eigenvalue weighted by atomic mass is 9.80. The van der Waals surface area contributed by atoms with Gasteiger partial charge in [0.05, 0.1) is 0 Å². The minimum Gasteiger partial charge on any atom is -0.292 e. The molecule has 16 heavy (non-hydrogen) atoms. The fourth-order valence-corrected chi connectivity index (χ4v) is 2.53. The molecule has 1 aliphatic rings. The fraction of sp³-hybridized carbons (Fsp3) is 0.692. The van der Waals surface area contributed by atoms with Gasteiger partial charge in [-0.15, -0.1) is 0 Å². The van der Waals surface area contributed by atoms with Gasteiger partial charge in [-0.2, -0.15) is 5.10 Å². The maximum Gasteiger partial charge on any atom is 0.183 e. The van der Waals surface area contributed by atoms with Gasteiger partial charge in [0.2, 0.25) is 0 Å². The quantitative estimate of drug-likeness (QED) is 0.734. The number of carbonyl (C=O) groups is 1. The first-order valence-corrected chi connectivity index (χ1v) is 6.28. The lowest BCUT2D eigenvalue weighted by molar-refractivity contribution is 0.0864. The van der Waals surface area contributed by atoms with Crippen molar-refractivity contribution in [3.05, 3.63) is 18.0 Å². The van der Waals surface area contributed by atoms with E-state index >= 15 is 0 Å². The molecule has 0 atom stereocenters. The molecule has 0 N–H and O–H groups in total. The summed E-state index contributed by atoms with van der Waals surface area (Å²) in [6.45, 7) is 5.07. The maximum absolute atomic E-state index is 12.3. The Bertz CT molecular complexity index is 362. The van der Waals surface area contributed by atoms with Crippen LogP contribution in [0, 0.1) is 11.8 Å². The zero-order chi connectivity index (χ0) is 11.5. The predicted molar refractivity (Wildman–Crippen MR) is 63.4 cm³/mol. The van der Waals surface area contributed by atoms with E-state index in [9.17, 15) is 4.79 Å². The standard InChI is InChI=1S/C13H20N2O/c1-3-15-12(8-9-14-15)13(16)11-6-4-10(2)5-7-11/h8-11H,3-7H2,1-2H3. The molecule has 0 aromatic carbocycles. The van der Waals surface area contributed by atoms with E-state index in [2.05, 4.69) is 12.0 Å². The summed E-state index contributed by atoms with van der Waals surface area (Å²) >= 11 is 0. The largest absolute Gasteiger partial charge is 0.292 e. The van der Waals surface area contributed by atoms with E-state index in [0.29, 0.717) is 5.78 Å². The highest BCUT2D eigenvalue weighted by Gasteiger charge is 2.26. The second kappa shape index (κ2) is 4.81. The highest BCUT2D eigenvalue weighted by Crippen LogP contribution is 2.30. The van der Waals surface area contributed by atoms with Crippen molar-refractivity contribution in [3.8, 4) is 0 Å². The van der Waals surface area contributed by atoms with E-state index in [0.717, 1.165) is 31.0 Å². The second-order valence-electron chi connectivity index (χ2n) is 4.85. The third-order valence-electron chi connectivity index (χ3n) is 3.66. The van der Waals surface area contributed by atoms with E-state index in [1.165, 1.54) is 12.8 Å². The van der Waals surface area contributed by atoms with Crippen LogP contribution in [0.4, 0.5) is 0 Å². The summed E-state index contributed by atoms with van der Waals surface area (Å²) in [7, 11) is 0. The van der Waals surface area contributed by atoms with Gasteiger partial charge in [0.1, 0.15) is 5.69 Å². The first kappa shape index (κ1) is 11.4. The summed E-state index contributed by atoms with van der Waals surface area (Å²) in [5.41, 5.74) is 0.794. The Labute approximate surface area is 96.8 Å². The zero-order valence-electron chi connectivity index (χ0n) is 10.1. The van der Waals surface area contributed by atoms with Crippen LogP contribution in [-0.2, 0) is 6.54 Å². The number of hydrogen-bond acceptors (Lipinski definition) is 2. The first-order chi connectivity index (χ1) is 7.72. The molecule has 88 valence electrons. The van der Waals surface area contributed by atoms with Crippen molar-refractivity contribution in [1.29, 1.82) is 0 Å². The van der Waals surface area contributed by atoms with Crippen molar-refractivity contribution >= 4 is 5.78 Å². The summed E-state index contributed by atoms with van der Waals surface area (Å²) in [6.07, 6.45) is 6.21. The van der Waals surface area contributed by atoms with Gasteiger partial charge in [-0.3, -0.25) is 9.48 Å². The maximum atomic E-state index is 12.3. The lowest BCUT2D eigenvalue weighted by Gasteiger charge is -2.25. The topological polar surface area (TPSA) is 34.9 Å². The third-order valence-corrected chi connectivity index (χ3v) is 3.66. The molecule has 3 nitrogen and oxygen atoms in total. The first-order valence-electron chi connectivity index (χ1n) is 6.28. The van der Waals surface area contributed by atoms with E-state index in [1.54, 1.807) is 10.9 Å². The Morgan fingerprint density at radius 1 is 1.44 bits per heavy atom.